The smallest absolute Gasteiger partial charge is 0.150 e. The van der Waals surface area contributed by atoms with Gasteiger partial charge in [-0.25, -0.2) is 0 Å². The van der Waals surface area contributed by atoms with Crippen LogP contribution in [-0.2, 0) is 43.3 Å². The normalized spacial score (nSPS) is 14.1. The third-order valence-corrected chi connectivity index (χ3v) is 29.5. The van der Waals surface area contributed by atoms with Crippen LogP contribution in [0.25, 0.3) is 22.3 Å². The van der Waals surface area contributed by atoms with E-state index in [0.29, 0.717) is 11.5 Å². The van der Waals surface area contributed by atoms with E-state index in [0.717, 1.165) is 29.8 Å². The van der Waals surface area contributed by atoms with Gasteiger partial charge in [0.1, 0.15) is 6.29 Å². The highest BCUT2D eigenvalue weighted by Crippen LogP contribution is 2.63. The van der Waals surface area contributed by atoms with Crippen LogP contribution in [0.4, 0.5) is 34.1 Å². The van der Waals surface area contributed by atoms with Crippen LogP contribution in [-0.4, -0.2) is 6.29 Å². The summed E-state index contributed by atoms with van der Waals surface area (Å²) in [6.07, 6.45) is 37.8. The highest BCUT2D eigenvalue weighted by Gasteiger charge is 2.51. The van der Waals surface area contributed by atoms with Gasteiger partial charge in [-0.1, -0.05) is 390 Å². The zero-order valence-electron chi connectivity index (χ0n) is 76.4. The lowest BCUT2D eigenvalue weighted by Crippen LogP contribution is -2.40. The van der Waals surface area contributed by atoms with Crippen molar-refractivity contribution in [1.29, 1.82) is 0 Å². The van der Waals surface area contributed by atoms with Crippen molar-refractivity contribution in [1.82, 2.24) is 0 Å². The summed E-state index contributed by atoms with van der Waals surface area (Å²) >= 11 is 0. The van der Waals surface area contributed by atoms with E-state index in [9.17, 15) is 4.79 Å². The Balaban J connectivity index is 1.03. The Hall–Kier alpha value is -7.75. The highest BCUT2D eigenvalue weighted by molar-refractivity contribution is 5.91. The summed E-state index contributed by atoms with van der Waals surface area (Å²) in [5, 5.41) is 0. The standard InChI is InChI=1S/C113H152N2O/c1-21-26-30-34-38-42-74-112(75-43-39-35-31-27-22-2)102-78-90(110(17,18)108(13,14)88-54-68-96(69-55-88)114(92-60-46-84(82-116)47-61-92)94-64-50-86(51-65-94)106(7,8)9)58-72-98(102)100-80-105-101(81-104(100)112)99-73-59-91(79-103(99)113(105,76-44-40-36-32-28-23-3)77-45-41-37-33-29-24-4)111(19,20)109(15,16)89-56-70-97(71-57-89)115(93-62-48-85(49-63-93)83(6)25-5)95-66-52-87(53-67-95)107(10,11)12/h46-73,78-83H,21-45,74-77H2,1-20H3. The molecule has 0 radical (unpaired) electrons. The zero-order valence-corrected chi connectivity index (χ0v) is 76.4. The summed E-state index contributed by atoms with van der Waals surface area (Å²) in [7, 11) is 0. The molecule has 0 aromatic heterocycles. The molecule has 9 aromatic carbocycles. The van der Waals surface area contributed by atoms with E-state index in [1.165, 1.54) is 258 Å². The molecule has 0 saturated heterocycles. The second-order valence-electron chi connectivity index (χ2n) is 40.2. The second kappa shape index (κ2) is 38.5. The van der Waals surface area contributed by atoms with Gasteiger partial charge in [-0.3, -0.25) is 4.79 Å². The SMILES string of the molecule is CCCCCCCCC1(CCCCCCCC)c2cc(C(C)(C)C(C)(C)c3ccc(N(c4ccc(C=O)cc4)c4ccc(C(C)(C)C)cc4)cc3)ccc2-c2cc3c(cc21)-c1ccc(C(C)(C)C(C)(C)c2ccc(N(c4ccc(C(C)CC)cc4)c4ccc(C(C)(C)C)cc4)cc2)cc1C3(CCCCCCCC)CCCCCCCC. The summed E-state index contributed by atoms with van der Waals surface area (Å²) in [6, 6.07) is 76.8. The molecule has 116 heavy (non-hydrogen) atoms. The predicted molar refractivity (Wildman–Crippen MR) is 507 cm³/mol. The predicted octanol–water partition coefficient (Wildman–Crippen LogP) is 34.6. The molecule has 3 heteroatoms. The van der Waals surface area contributed by atoms with Crippen LogP contribution in [0.15, 0.2) is 194 Å². The number of fused-ring (bicyclic) bond motifs is 6. The molecule has 2 aliphatic rings. The van der Waals surface area contributed by atoms with Gasteiger partial charge < -0.3 is 9.80 Å². The molecule has 0 bridgehead atoms. The molecule has 2 aliphatic carbocycles. The molecule has 0 fully saturated rings. The lowest BCUT2D eigenvalue weighted by atomic mass is 9.60. The molecule has 620 valence electrons. The minimum atomic E-state index is -0.260. The first kappa shape index (κ1) is 89.0. The average Bonchev–Trinajstić information content (AvgIpc) is 1.52. The Morgan fingerprint density at radius 3 is 0.793 bits per heavy atom. The monoisotopic (exact) mass is 1550 g/mol. The maximum Gasteiger partial charge on any atom is 0.150 e. The molecule has 9 aromatic rings. The van der Waals surface area contributed by atoms with Gasteiger partial charge in [0, 0.05) is 50.5 Å². The Morgan fingerprint density at radius 2 is 0.517 bits per heavy atom. The fourth-order valence-electron chi connectivity index (χ4n) is 19.9. The van der Waals surface area contributed by atoms with E-state index in [2.05, 4.69) is 330 Å². The first-order valence-corrected chi connectivity index (χ1v) is 46.6. The van der Waals surface area contributed by atoms with Gasteiger partial charge in [-0.05, 0) is 251 Å². The molecule has 11 rings (SSSR count). The fraction of sp³-hybridized carbons (Fsp3) is 0.513. The Morgan fingerprint density at radius 1 is 0.276 bits per heavy atom. The van der Waals surface area contributed by atoms with E-state index in [1.807, 2.05) is 12.1 Å². The van der Waals surface area contributed by atoms with Crippen molar-refractivity contribution in [3.63, 3.8) is 0 Å². The third-order valence-electron chi connectivity index (χ3n) is 29.5. The molecule has 0 N–H and O–H groups in total. The van der Waals surface area contributed by atoms with Crippen LogP contribution in [0.1, 0.15) is 402 Å². The van der Waals surface area contributed by atoms with Crippen LogP contribution in [0.2, 0.25) is 0 Å². The summed E-state index contributed by atoms with van der Waals surface area (Å²) in [6.45, 7) is 48.1. The van der Waals surface area contributed by atoms with Crippen molar-refractivity contribution >= 4 is 40.4 Å². The van der Waals surface area contributed by atoms with Gasteiger partial charge in [-0.2, -0.15) is 0 Å². The van der Waals surface area contributed by atoms with E-state index in [-0.39, 0.29) is 43.3 Å². The number of hydrogen-bond donors (Lipinski definition) is 0. The van der Waals surface area contributed by atoms with Gasteiger partial charge in [0.2, 0.25) is 0 Å². The molecule has 0 saturated carbocycles. The van der Waals surface area contributed by atoms with Crippen LogP contribution in [0.5, 0.6) is 0 Å². The van der Waals surface area contributed by atoms with Gasteiger partial charge in [-0.15, -0.1) is 0 Å². The average molecular weight is 1550 g/mol. The van der Waals surface area contributed by atoms with Crippen molar-refractivity contribution in [2.24, 2.45) is 0 Å². The largest absolute Gasteiger partial charge is 0.311 e. The van der Waals surface area contributed by atoms with Crippen molar-refractivity contribution in [3.05, 3.63) is 261 Å². The van der Waals surface area contributed by atoms with Crippen molar-refractivity contribution in [2.75, 3.05) is 9.80 Å². The fourth-order valence-corrected chi connectivity index (χ4v) is 19.9. The second-order valence-corrected chi connectivity index (χ2v) is 40.2. The van der Waals surface area contributed by atoms with E-state index in [1.54, 1.807) is 22.3 Å². The molecular weight excluding hydrogens is 1400 g/mol. The Labute approximate surface area is 707 Å². The van der Waals surface area contributed by atoms with Gasteiger partial charge in [0.25, 0.3) is 0 Å². The number of carbonyl (C=O) groups excluding carboxylic acids is 1. The van der Waals surface area contributed by atoms with Crippen molar-refractivity contribution in [2.45, 2.75) is 374 Å². The minimum absolute atomic E-state index is 0.0357. The molecule has 0 spiro atoms. The van der Waals surface area contributed by atoms with E-state index >= 15 is 0 Å². The summed E-state index contributed by atoms with van der Waals surface area (Å²) in [4.78, 5) is 16.8. The number of anilines is 6. The molecule has 0 heterocycles. The topological polar surface area (TPSA) is 23.6 Å². The Bertz CT molecular complexity index is 4550. The number of unbranched alkanes of at least 4 members (excludes halogenated alkanes) is 20. The maximum atomic E-state index is 12.0. The van der Waals surface area contributed by atoms with Crippen molar-refractivity contribution in [3.8, 4) is 22.3 Å². The van der Waals surface area contributed by atoms with E-state index in [4.69, 9.17) is 0 Å². The molecule has 1 atom stereocenters. The first-order chi connectivity index (χ1) is 55.5. The van der Waals surface area contributed by atoms with E-state index < -0.39 is 0 Å². The maximum absolute atomic E-state index is 12.0. The molecule has 0 amide bonds. The number of aldehydes is 1. The first-order valence-electron chi connectivity index (χ1n) is 46.6. The summed E-state index contributed by atoms with van der Waals surface area (Å²) < 4.78 is 0. The van der Waals surface area contributed by atoms with Crippen LogP contribution < -0.4 is 9.80 Å². The number of hydrogen-bond acceptors (Lipinski definition) is 3. The molecular formula is C113H152N2O. The van der Waals surface area contributed by atoms with Crippen molar-refractivity contribution < 1.29 is 4.79 Å². The van der Waals surface area contributed by atoms with Crippen LogP contribution in [0.3, 0.4) is 0 Å². The lowest BCUT2D eigenvalue weighted by molar-refractivity contribution is 0.112. The number of nitrogens with zero attached hydrogens (tertiary/aromatic N) is 2. The molecule has 3 nitrogen and oxygen atoms in total. The third kappa shape index (κ3) is 19.1. The quantitative estimate of drug-likeness (QED) is 0.0281. The van der Waals surface area contributed by atoms with Crippen LogP contribution >= 0.6 is 0 Å². The van der Waals surface area contributed by atoms with Crippen LogP contribution in [0, 0.1) is 0 Å². The zero-order chi connectivity index (χ0) is 83.3. The number of rotatable bonds is 43. The number of carbonyl (C=O) groups is 1. The molecule has 1 unspecified atom stereocenters. The van der Waals surface area contributed by atoms with Gasteiger partial charge >= 0.3 is 0 Å². The lowest BCUT2D eigenvalue weighted by Gasteiger charge is -2.44. The van der Waals surface area contributed by atoms with Gasteiger partial charge in [0.15, 0.2) is 0 Å². The number of benzene rings is 9. The molecule has 0 aliphatic heterocycles. The Kier molecular flexibility index (Phi) is 29.6. The minimum Gasteiger partial charge on any atom is -0.311 e. The highest BCUT2D eigenvalue weighted by atomic mass is 16.1. The summed E-state index contributed by atoms with van der Waals surface area (Å²) in [5.41, 5.74) is 28.5. The van der Waals surface area contributed by atoms with Gasteiger partial charge in [0.05, 0.1) is 0 Å². The summed E-state index contributed by atoms with van der Waals surface area (Å²) in [5.74, 6) is 0.516.